The summed E-state index contributed by atoms with van der Waals surface area (Å²) in [7, 11) is 0. The third kappa shape index (κ3) is 2.92. The number of carbonyl (C=O) groups excluding carboxylic acids is 1. The third-order valence-electron chi connectivity index (χ3n) is 3.93. The molecule has 0 aliphatic carbocycles. The van der Waals surface area contributed by atoms with Crippen molar-refractivity contribution in [3.05, 3.63) is 65.7 Å². The molecule has 0 bridgehead atoms. The molecule has 0 radical (unpaired) electrons. The van der Waals surface area contributed by atoms with Gasteiger partial charge in [0.2, 0.25) is 0 Å². The van der Waals surface area contributed by atoms with E-state index in [1.807, 2.05) is 48.5 Å². The van der Waals surface area contributed by atoms with Gasteiger partial charge in [0.05, 0.1) is 5.69 Å². The van der Waals surface area contributed by atoms with E-state index < -0.39 is 0 Å². The van der Waals surface area contributed by atoms with Crippen LogP contribution in [0.3, 0.4) is 0 Å². The summed E-state index contributed by atoms with van der Waals surface area (Å²) >= 11 is 0. The summed E-state index contributed by atoms with van der Waals surface area (Å²) in [5.74, 6) is 0. The highest BCUT2D eigenvalue weighted by molar-refractivity contribution is 5.89. The lowest BCUT2D eigenvalue weighted by molar-refractivity contribution is 0.144. The van der Waals surface area contributed by atoms with Crippen LogP contribution < -0.4 is 4.90 Å². The summed E-state index contributed by atoms with van der Waals surface area (Å²) in [6.45, 7) is 2.38. The first kappa shape index (κ1) is 13.7. The zero-order valence-corrected chi connectivity index (χ0v) is 12.2. The largest absolute Gasteiger partial charge is 0.444 e. The van der Waals surface area contributed by atoms with Gasteiger partial charge in [-0.25, -0.2) is 4.79 Å². The third-order valence-corrected chi connectivity index (χ3v) is 3.93. The van der Waals surface area contributed by atoms with Gasteiger partial charge in [-0.05, 0) is 37.0 Å². The fraction of sp³-hybridized carbons (Fsp3) is 0.278. The Morgan fingerprint density at radius 2 is 1.86 bits per heavy atom. The number of benzene rings is 2. The van der Waals surface area contributed by atoms with Gasteiger partial charge >= 0.3 is 6.09 Å². The number of carbonyl (C=O) groups is 1. The van der Waals surface area contributed by atoms with Gasteiger partial charge in [-0.15, -0.1) is 0 Å². The maximum atomic E-state index is 12.4. The molecule has 0 N–H and O–H groups in total. The first-order valence-electron chi connectivity index (χ1n) is 7.33. The number of nitrogens with zero attached hydrogens (tertiary/aromatic N) is 1. The van der Waals surface area contributed by atoms with Gasteiger partial charge in [-0.1, -0.05) is 48.5 Å². The van der Waals surface area contributed by atoms with Gasteiger partial charge in [-0.2, -0.15) is 0 Å². The molecular weight excluding hydrogens is 262 g/mol. The molecule has 0 spiro atoms. The molecule has 1 amide bonds. The number of fused-ring (bicyclic) bond motifs is 1. The fourth-order valence-corrected chi connectivity index (χ4v) is 2.76. The van der Waals surface area contributed by atoms with Crippen molar-refractivity contribution in [3.8, 4) is 0 Å². The van der Waals surface area contributed by atoms with Gasteiger partial charge in [0, 0.05) is 6.04 Å². The van der Waals surface area contributed by atoms with Crippen LogP contribution in [0.5, 0.6) is 0 Å². The van der Waals surface area contributed by atoms with E-state index >= 15 is 0 Å². The van der Waals surface area contributed by atoms with Crippen LogP contribution in [0.1, 0.15) is 24.5 Å². The smallest absolute Gasteiger partial charge is 0.414 e. The second-order valence-electron chi connectivity index (χ2n) is 5.43. The van der Waals surface area contributed by atoms with Crippen LogP contribution in [0, 0.1) is 0 Å². The average molecular weight is 281 g/mol. The SMILES string of the molecule is C[C@H]1CCc2ccccc2N1C(=O)OCc1ccccc1. The fourth-order valence-electron chi connectivity index (χ4n) is 2.76. The summed E-state index contributed by atoms with van der Waals surface area (Å²) in [5.41, 5.74) is 3.20. The number of rotatable bonds is 2. The normalized spacial score (nSPS) is 17.2. The van der Waals surface area contributed by atoms with Crippen molar-refractivity contribution in [2.24, 2.45) is 0 Å². The molecule has 0 saturated carbocycles. The zero-order chi connectivity index (χ0) is 14.7. The molecule has 3 heteroatoms. The predicted octanol–water partition coefficient (Wildman–Crippen LogP) is 4.16. The lowest BCUT2D eigenvalue weighted by atomic mass is 9.97. The van der Waals surface area contributed by atoms with Crippen LogP contribution in [-0.2, 0) is 17.8 Å². The van der Waals surface area contributed by atoms with E-state index in [1.54, 1.807) is 4.90 Å². The van der Waals surface area contributed by atoms with Gasteiger partial charge in [-0.3, -0.25) is 4.90 Å². The number of hydrogen-bond acceptors (Lipinski definition) is 2. The van der Waals surface area contributed by atoms with E-state index in [0.29, 0.717) is 6.61 Å². The molecule has 0 aromatic heterocycles. The van der Waals surface area contributed by atoms with E-state index in [1.165, 1.54) is 5.56 Å². The Hall–Kier alpha value is -2.29. The molecule has 108 valence electrons. The molecule has 21 heavy (non-hydrogen) atoms. The summed E-state index contributed by atoms with van der Waals surface area (Å²) < 4.78 is 5.48. The van der Waals surface area contributed by atoms with Gasteiger partial charge in [0.15, 0.2) is 0 Å². The number of para-hydroxylation sites is 1. The topological polar surface area (TPSA) is 29.5 Å². The van der Waals surface area contributed by atoms with Crippen LogP contribution in [-0.4, -0.2) is 12.1 Å². The van der Waals surface area contributed by atoms with E-state index in [4.69, 9.17) is 4.74 Å². The van der Waals surface area contributed by atoms with Gasteiger partial charge in [0.25, 0.3) is 0 Å². The number of anilines is 1. The maximum Gasteiger partial charge on any atom is 0.414 e. The van der Waals surface area contributed by atoms with Crippen molar-refractivity contribution in [2.75, 3.05) is 4.90 Å². The van der Waals surface area contributed by atoms with E-state index in [9.17, 15) is 4.79 Å². The quantitative estimate of drug-likeness (QED) is 0.827. The summed E-state index contributed by atoms with van der Waals surface area (Å²) in [6.07, 6.45) is 1.72. The van der Waals surface area contributed by atoms with Crippen molar-refractivity contribution in [3.63, 3.8) is 0 Å². The molecular formula is C18H19NO2. The molecule has 0 unspecified atom stereocenters. The number of amides is 1. The molecule has 0 saturated heterocycles. The minimum Gasteiger partial charge on any atom is -0.444 e. The molecule has 0 fully saturated rings. The highest BCUT2D eigenvalue weighted by Gasteiger charge is 2.28. The maximum absolute atomic E-state index is 12.4. The van der Waals surface area contributed by atoms with E-state index in [-0.39, 0.29) is 12.1 Å². The Balaban J connectivity index is 1.75. The summed E-state index contributed by atoms with van der Waals surface area (Å²) in [5, 5.41) is 0. The summed E-state index contributed by atoms with van der Waals surface area (Å²) in [6, 6.07) is 18.0. The molecule has 1 aliphatic rings. The van der Waals surface area contributed by atoms with Gasteiger partial charge in [0.1, 0.15) is 6.61 Å². The second-order valence-corrected chi connectivity index (χ2v) is 5.43. The van der Waals surface area contributed by atoms with Crippen molar-refractivity contribution in [1.29, 1.82) is 0 Å². The zero-order valence-electron chi connectivity index (χ0n) is 12.2. The monoisotopic (exact) mass is 281 g/mol. The van der Waals surface area contributed by atoms with Gasteiger partial charge < -0.3 is 4.74 Å². The molecule has 3 rings (SSSR count). The first-order chi connectivity index (χ1) is 10.3. The average Bonchev–Trinajstić information content (AvgIpc) is 2.53. The molecule has 1 atom stereocenters. The van der Waals surface area contributed by atoms with Crippen molar-refractivity contribution < 1.29 is 9.53 Å². The van der Waals surface area contributed by atoms with Crippen molar-refractivity contribution in [1.82, 2.24) is 0 Å². The number of aryl methyl sites for hydroxylation is 1. The Morgan fingerprint density at radius 3 is 2.67 bits per heavy atom. The van der Waals surface area contributed by atoms with Crippen LogP contribution in [0.4, 0.5) is 10.5 Å². The Morgan fingerprint density at radius 1 is 1.14 bits per heavy atom. The van der Waals surface area contributed by atoms with Crippen molar-refractivity contribution >= 4 is 11.8 Å². The summed E-state index contributed by atoms with van der Waals surface area (Å²) in [4.78, 5) is 14.2. The highest BCUT2D eigenvalue weighted by atomic mass is 16.6. The van der Waals surface area contributed by atoms with E-state index in [0.717, 1.165) is 24.1 Å². The van der Waals surface area contributed by atoms with Crippen LogP contribution >= 0.6 is 0 Å². The van der Waals surface area contributed by atoms with Crippen molar-refractivity contribution in [2.45, 2.75) is 32.4 Å². The standard InChI is InChI=1S/C18H19NO2/c1-14-11-12-16-9-5-6-10-17(16)19(14)18(20)21-13-15-7-3-2-4-8-15/h2-10,14H,11-13H2,1H3/t14-/m0/s1. The molecule has 2 aromatic rings. The molecule has 1 aliphatic heterocycles. The lowest BCUT2D eigenvalue weighted by Crippen LogP contribution is -2.42. The Kier molecular flexibility index (Phi) is 3.91. The van der Waals surface area contributed by atoms with Crippen LogP contribution in [0.2, 0.25) is 0 Å². The predicted molar refractivity (Wildman–Crippen MR) is 83.3 cm³/mol. The second kappa shape index (κ2) is 6.00. The minimum atomic E-state index is -0.265. The number of hydrogen-bond donors (Lipinski definition) is 0. The highest BCUT2D eigenvalue weighted by Crippen LogP contribution is 2.31. The number of ether oxygens (including phenoxy) is 1. The first-order valence-corrected chi connectivity index (χ1v) is 7.33. The van der Waals surface area contributed by atoms with Crippen LogP contribution in [0.15, 0.2) is 54.6 Å². The minimum absolute atomic E-state index is 0.170. The Bertz CT molecular complexity index is 624. The molecule has 1 heterocycles. The van der Waals surface area contributed by atoms with Crippen LogP contribution in [0.25, 0.3) is 0 Å². The Labute approximate surface area is 125 Å². The molecule has 3 nitrogen and oxygen atoms in total. The van der Waals surface area contributed by atoms with E-state index in [2.05, 4.69) is 13.0 Å². The molecule has 2 aromatic carbocycles. The lowest BCUT2D eigenvalue weighted by Gasteiger charge is -2.34.